The standard InChI is InChI=1S/C17H17ClN4O2/c18-14-3-4-16(21-15(14)10-19)22-7-5-12(6-8-22)17(23)20-11-13-2-1-9-24-13/h1-4,9,12H,5-8,11H2,(H,20,23). The number of anilines is 1. The van der Waals surface area contributed by atoms with Gasteiger partial charge in [-0.1, -0.05) is 11.6 Å². The lowest BCUT2D eigenvalue weighted by molar-refractivity contribution is -0.125. The maximum Gasteiger partial charge on any atom is 0.223 e. The Morgan fingerprint density at radius 2 is 2.21 bits per heavy atom. The molecule has 0 radical (unpaired) electrons. The number of carbonyl (C=O) groups is 1. The number of carbonyl (C=O) groups excluding carboxylic acids is 1. The van der Waals surface area contributed by atoms with Gasteiger partial charge >= 0.3 is 0 Å². The monoisotopic (exact) mass is 344 g/mol. The predicted molar refractivity (Wildman–Crippen MR) is 89.5 cm³/mol. The second kappa shape index (κ2) is 7.37. The maximum absolute atomic E-state index is 12.2. The number of hydrogen-bond acceptors (Lipinski definition) is 5. The molecule has 1 aliphatic heterocycles. The highest BCUT2D eigenvalue weighted by Gasteiger charge is 2.25. The Labute approximate surface area is 145 Å². The van der Waals surface area contributed by atoms with Crippen LogP contribution in [-0.4, -0.2) is 24.0 Å². The topological polar surface area (TPSA) is 82.2 Å². The van der Waals surface area contributed by atoms with E-state index in [1.807, 2.05) is 12.1 Å². The minimum atomic E-state index is -0.0149. The first-order valence-electron chi connectivity index (χ1n) is 7.79. The summed E-state index contributed by atoms with van der Waals surface area (Å²) < 4.78 is 5.21. The van der Waals surface area contributed by atoms with Gasteiger partial charge in [-0.2, -0.15) is 5.26 Å². The van der Waals surface area contributed by atoms with Crippen molar-refractivity contribution in [3.63, 3.8) is 0 Å². The quantitative estimate of drug-likeness (QED) is 0.922. The number of furan rings is 1. The molecule has 1 fully saturated rings. The maximum atomic E-state index is 12.2. The lowest BCUT2D eigenvalue weighted by atomic mass is 9.96. The van der Waals surface area contributed by atoms with Crippen LogP contribution in [0.25, 0.3) is 0 Å². The number of aromatic nitrogens is 1. The first kappa shape index (κ1) is 16.3. The number of nitrogens with one attached hydrogen (secondary N) is 1. The summed E-state index contributed by atoms with van der Waals surface area (Å²) in [5.41, 5.74) is 0.229. The Morgan fingerprint density at radius 1 is 1.42 bits per heavy atom. The molecular weight excluding hydrogens is 328 g/mol. The molecule has 6 nitrogen and oxygen atoms in total. The third-order valence-electron chi connectivity index (χ3n) is 4.14. The Kier molecular flexibility index (Phi) is 5.02. The van der Waals surface area contributed by atoms with E-state index in [0.717, 1.165) is 37.5 Å². The molecule has 1 aliphatic rings. The zero-order valence-electron chi connectivity index (χ0n) is 13.0. The average molecular weight is 345 g/mol. The van der Waals surface area contributed by atoms with Gasteiger partial charge in [0.1, 0.15) is 17.6 Å². The van der Waals surface area contributed by atoms with E-state index in [-0.39, 0.29) is 17.5 Å². The van der Waals surface area contributed by atoms with Crippen molar-refractivity contribution < 1.29 is 9.21 Å². The van der Waals surface area contributed by atoms with Crippen molar-refractivity contribution in [2.75, 3.05) is 18.0 Å². The van der Waals surface area contributed by atoms with E-state index in [4.69, 9.17) is 21.3 Å². The van der Waals surface area contributed by atoms with Gasteiger partial charge < -0.3 is 14.6 Å². The van der Waals surface area contributed by atoms with Gasteiger partial charge in [0, 0.05) is 19.0 Å². The molecule has 3 heterocycles. The summed E-state index contributed by atoms with van der Waals surface area (Å²) in [6, 6.07) is 9.12. The van der Waals surface area contributed by atoms with E-state index in [2.05, 4.69) is 15.2 Å². The van der Waals surface area contributed by atoms with Crippen molar-refractivity contribution in [2.24, 2.45) is 5.92 Å². The zero-order valence-corrected chi connectivity index (χ0v) is 13.8. The summed E-state index contributed by atoms with van der Waals surface area (Å²) in [6.45, 7) is 1.85. The average Bonchev–Trinajstić information content (AvgIpc) is 3.14. The summed E-state index contributed by atoms with van der Waals surface area (Å²) in [5.74, 6) is 1.51. The number of hydrogen-bond donors (Lipinski definition) is 1. The molecule has 0 atom stereocenters. The van der Waals surface area contributed by atoms with Gasteiger partial charge in [0.25, 0.3) is 0 Å². The van der Waals surface area contributed by atoms with Crippen LogP contribution in [0.2, 0.25) is 5.02 Å². The molecule has 1 amide bonds. The number of amides is 1. The fourth-order valence-electron chi connectivity index (χ4n) is 2.79. The minimum absolute atomic E-state index is 0.0149. The van der Waals surface area contributed by atoms with E-state index in [1.54, 1.807) is 24.5 Å². The number of rotatable bonds is 4. The van der Waals surface area contributed by atoms with Crippen LogP contribution < -0.4 is 10.2 Å². The summed E-state index contributed by atoms with van der Waals surface area (Å²) in [6.07, 6.45) is 3.08. The van der Waals surface area contributed by atoms with Crippen LogP contribution in [0.4, 0.5) is 5.82 Å². The van der Waals surface area contributed by atoms with Crippen molar-refractivity contribution in [1.82, 2.24) is 10.3 Å². The van der Waals surface area contributed by atoms with Crippen LogP contribution in [0, 0.1) is 17.2 Å². The van der Waals surface area contributed by atoms with Crippen LogP contribution in [0.15, 0.2) is 34.9 Å². The lowest BCUT2D eigenvalue weighted by Gasteiger charge is -2.32. The van der Waals surface area contributed by atoms with Crippen LogP contribution in [0.3, 0.4) is 0 Å². The van der Waals surface area contributed by atoms with E-state index >= 15 is 0 Å². The van der Waals surface area contributed by atoms with Gasteiger partial charge in [0.2, 0.25) is 5.91 Å². The van der Waals surface area contributed by atoms with Crippen LogP contribution in [0.5, 0.6) is 0 Å². The summed E-state index contributed by atoms with van der Waals surface area (Å²) >= 11 is 5.91. The summed E-state index contributed by atoms with van der Waals surface area (Å²) in [7, 11) is 0. The van der Waals surface area contributed by atoms with Gasteiger partial charge in [-0.05, 0) is 37.1 Å². The van der Waals surface area contributed by atoms with E-state index in [0.29, 0.717) is 11.6 Å². The van der Waals surface area contributed by atoms with Crippen LogP contribution >= 0.6 is 11.6 Å². The summed E-state index contributed by atoms with van der Waals surface area (Å²) in [4.78, 5) is 18.6. The van der Waals surface area contributed by atoms with Crippen LogP contribution in [0.1, 0.15) is 24.3 Å². The predicted octanol–water partition coefficient (Wildman–Crippen LogP) is 2.73. The molecule has 0 bridgehead atoms. The molecule has 2 aromatic rings. The second-order valence-electron chi connectivity index (χ2n) is 5.67. The highest BCUT2D eigenvalue weighted by Crippen LogP contribution is 2.24. The Hall–Kier alpha value is -2.52. The Balaban J connectivity index is 1.54. The largest absolute Gasteiger partial charge is 0.467 e. The van der Waals surface area contributed by atoms with Gasteiger partial charge in [0.05, 0.1) is 17.8 Å². The fraction of sp³-hybridized carbons (Fsp3) is 0.353. The molecule has 3 rings (SSSR count). The number of pyridine rings is 1. The van der Waals surface area contributed by atoms with Crippen molar-refractivity contribution in [3.8, 4) is 6.07 Å². The van der Waals surface area contributed by atoms with Crippen molar-refractivity contribution >= 4 is 23.3 Å². The first-order valence-corrected chi connectivity index (χ1v) is 8.17. The molecule has 7 heteroatoms. The van der Waals surface area contributed by atoms with E-state index < -0.39 is 0 Å². The van der Waals surface area contributed by atoms with Gasteiger partial charge in [-0.25, -0.2) is 4.98 Å². The number of nitriles is 1. The second-order valence-corrected chi connectivity index (χ2v) is 6.08. The zero-order chi connectivity index (χ0) is 16.9. The Bertz CT molecular complexity index is 746. The minimum Gasteiger partial charge on any atom is -0.467 e. The smallest absolute Gasteiger partial charge is 0.223 e. The SMILES string of the molecule is N#Cc1nc(N2CCC(C(=O)NCc3ccco3)CC2)ccc1Cl. The van der Waals surface area contributed by atoms with E-state index in [9.17, 15) is 4.79 Å². The molecule has 24 heavy (non-hydrogen) atoms. The van der Waals surface area contributed by atoms with E-state index in [1.165, 1.54) is 0 Å². The van der Waals surface area contributed by atoms with Gasteiger partial charge in [-0.3, -0.25) is 4.79 Å². The highest BCUT2D eigenvalue weighted by atomic mass is 35.5. The van der Waals surface area contributed by atoms with Gasteiger partial charge in [-0.15, -0.1) is 0 Å². The van der Waals surface area contributed by atoms with Crippen LogP contribution in [-0.2, 0) is 11.3 Å². The molecule has 2 aromatic heterocycles. The molecule has 1 N–H and O–H groups in total. The molecule has 0 spiro atoms. The number of piperidine rings is 1. The molecule has 0 aliphatic carbocycles. The molecule has 0 unspecified atom stereocenters. The number of halogens is 1. The third kappa shape index (κ3) is 3.69. The van der Waals surface area contributed by atoms with Crippen molar-refractivity contribution in [2.45, 2.75) is 19.4 Å². The summed E-state index contributed by atoms with van der Waals surface area (Å²) in [5, 5.41) is 12.3. The first-order chi connectivity index (χ1) is 11.7. The molecule has 1 saturated heterocycles. The number of nitrogens with zero attached hydrogens (tertiary/aromatic N) is 3. The fourth-order valence-corrected chi connectivity index (χ4v) is 2.94. The normalized spacial score (nSPS) is 15.1. The van der Waals surface area contributed by atoms with Gasteiger partial charge in [0.15, 0.2) is 5.69 Å². The lowest BCUT2D eigenvalue weighted by Crippen LogP contribution is -2.40. The van der Waals surface area contributed by atoms with Crippen molar-refractivity contribution in [1.29, 1.82) is 5.26 Å². The molecule has 124 valence electrons. The Morgan fingerprint density at radius 3 is 2.88 bits per heavy atom. The third-order valence-corrected chi connectivity index (χ3v) is 4.45. The molecular formula is C17H17ClN4O2. The molecule has 0 saturated carbocycles. The highest BCUT2D eigenvalue weighted by molar-refractivity contribution is 6.31. The molecule has 0 aromatic carbocycles. The van der Waals surface area contributed by atoms with Crippen molar-refractivity contribution in [3.05, 3.63) is 47.0 Å².